The molecule has 1 aromatic carbocycles. The lowest BCUT2D eigenvalue weighted by Gasteiger charge is -2.11. The largest absolute Gasteiger partial charge is 0.507 e. The standard InChI is InChI=1S/C13H12O4/c1-6-7(2)12(16)11(8(3)14)13-9(6)4-5-10(15)17-13/h4-5,16H,1-3H3. The Kier molecular flexibility index (Phi) is 2.50. The molecule has 0 saturated heterocycles. The maximum Gasteiger partial charge on any atom is 0.336 e. The fourth-order valence-corrected chi connectivity index (χ4v) is 1.90. The molecule has 88 valence electrons. The lowest BCUT2D eigenvalue weighted by atomic mass is 9.97. The van der Waals surface area contributed by atoms with E-state index in [1.54, 1.807) is 19.9 Å². The number of hydrogen-bond acceptors (Lipinski definition) is 4. The van der Waals surface area contributed by atoms with Gasteiger partial charge in [0.05, 0.1) is 0 Å². The lowest BCUT2D eigenvalue weighted by Crippen LogP contribution is -2.03. The lowest BCUT2D eigenvalue weighted by molar-refractivity contribution is 0.101. The van der Waals surface area contributed by atoms with Crippen LogP contribution in [0, 0.1) is 13.8 Å². The van der Waals surface area contributed by atoms with E-state index in [0.717, 1.165) is 5.56 Å². The van der Waals surface area contributed by atoms with Crippen LogP contribution in [0.5, 0.6) is 5.75 Å². The molecule has 0 saturated carbocycles. The number of ketones is 1. The minimum Gasteiger partial charge on any atom is -0.507 e. The van der Waals surface area contributed by atoms with Crippen molar-refractivity contribution in [1.82, 2.24) is 0 Å². The Balaban J connectivity index is 3.10. The van der Waals surface area contributed by atoms with E-state index in [0.29, 0.717) is 10.9 Å². The summed E-state index contributed by atoms with van der Waals surface area (Å²) < 4.78 is 5.03. The summed E-state index contributed by atoms with van der Waals surface area (Å²) in [6.45, 7) is 4.86. The summed E-state index contributed by atoms with van der Waals surface area (Å²) >= 11 is 0. The summed E-state index contributed by atoms with van der Waals surface area (Å²) in [5.74, 6) is -0.443. The third-order valence-corrected chi connectivity index (χ3v) is 2.97. The Morgan fingerprint density at radius 1 is 1.24 bits per heavy atom. The first-order chi connectivity index (χ1) is 7.93. The normalized spacial score (nSPS) is 10.8. The molecule has 0 aliphatic rings. The summed E-state index contributed by atoms with van der Waals surface area (Å²) in [4.78, 5) is 22.7. The molecule has 2 aromatic rings. The van der Waals surface area contributed by atoms with Gasteiger partial charge < -0.3 is 9.52 Å². The van der Waals surface area contributed by atoms with E-state index in [2.05, 4.69) is 0 Å². The smallest absolute Gasteiger partial charge is 0.336 e. The zero-order valence-corrected chi connectivity index (χ0v) is 9.83. The van der Waals surface area contributed by atoms with Crippen molar-refractivity contribution in [2.24, 2.45) is 0 Å². The van der Waals surface area contributed by atoms with Crippen LogP contribution in [-0.4, -0.2) is 10.9 Å². The number of rotatable bonds is 1. The maximum absolute atomic E-state index is 11.5. The minimum atomic E-state index is -0.539. The topological polar surface area (TPSA) is 67.5 Å². The molecule has 4 nitrogen and oxygen atoms in total. The Morgan fingerprint density at radius 2 is 1.88 bits per heavy atom. The second kappa shape index (κ2) is 3.73. The molecule has 1 aromatic heterocycles. The molecule has 0 bridgehead atoms. The highest BCUT2D eigenvalue weighted by atomic mass is 16.4. The zero-order valence-electron chi connectivity index (χ0n) is 9.83. The molecule has 0 amide bonds. The van der Waals surface area contributed by atoms with E-state index in [4.69, 9.17) is 4.42 Å². The van der Waals surface area contributed by atoms with E-state index >= 15 is 0 Å². The van der Waals surface area contributed by atoms with Gasteiger partial charge in [-0.05, 0) is 38.0 Å². The summed E-state index contributed by atoms with van der Waals surface area (Å²) in [6.07, 6.45) is 0. The van der Waals surface area contributed by atoms with Crippen LogP contribution < -0.4 is 5.63 Å². The number of hydrogen-bond donors (Lipinski definition) is 1. The molecule has 1 heterocycles. The molecule has 0 spiro atoms. The van der Waals surface area contributed by atoms with Crippen LogP contribution in [0.15, 0.2) is 21.3 Å². The van der Waals surface area contributed by atoms with Gasteiger partial charge in [-0.3, -0.25) is 4.79 Å². The third-order valence-electron chi connectivity index (χ3n) is 2.97. The van der Waals surface area contributed by atoms with Crippen molar-refractivity contribution in [3.63, 3.8) is 0 Å². The Labute approximate surface area is 97.5 Å². The third kappa shape index (κ3) is 1.62. The Bertz CT molecular complexity index is 680. The molecule has 1 N–H and O–H groups in total. The van der Waals surface area contributed by atoms with Crippen LogP contribution in [0.4, 0.5) is 0 Å². The highest BCUT2D eigenvalue weighted by molar-refractivity contribution is 6.08. The molecule has 0 radical (unpaired) electrons. The number of phenols is 1. The molecule has 2 rings (SSSR count). The molecule has 0 fully saturated rings. The van der Waals surface area contributed by atoms with Crippen molar-refractivity contribution in [3.05, 3.63) is 39.2 Å². The molecular formula is C13H12O4. The van der Waals surface area contributed by atoms with Crippen LogP contribution >= 0.6 is 0 Å². The van der Waals surface area contributed by atoms with Gasteiger partial charge in [-0.25, -0.2) is 4.79 Å². The number of aromatic hydroxyl groups is 1. The van der Waals surface area contributed by atoms with Crippen LogP contribution in [0.2, 0.25) is 0 Å². The number of aryl methyl sites for hydroxylation is 1. The molecule has 0 aliphatic heterocycles. The highest BCUT2D eigenvalue weighted by Gasteiger charge is 2.19. The number of fused-ring (bicyclic) bond motifs is 1. The average molecular weight is 232 g/mol. The predicted molar refractivity (Wildman–Crippen MR) is 63.6 cm³/mol. The number of phenolic OH excluding ortho intramolecular Hbond substituents is 1. The van der Waals surface area contributed by atoms with Crippen molar-refractivity contribution in [3.8, 4) is 5.75 Å². The molecule has 0 atom stereocenters. The van der Waals surface area contributed by atoms with Gasteiger partial charge in [0, 0.05) is 11.5 Å². The fraction of sp³-hybridized carbons (Fsp3) is 0.231. The second-order valence-electron chi connectivity index (χ2n) is 4.03. The van der Waals surface area contributed by atoms with E-state index in [1.807, 2.05) is 0 Å². The monoisotopic (exact) mass is 232 g/mol. The maximum atomic E-state index is 11.5. The van der Waals surface area contributed by atoms with Gasteiger partial charge in [0.1, 0.15) is 11.3 Å². The van der Waals surface area contributed by atoms with Gasteiger partial charge in [0.2, 0.25) is 0 Å². The van der Waals surface area contributed by atoms with Crippen molar-refractivity contribution in [1.29, 1.82) is 0 Å². The van der Waals surface area contributed by atoms with Crippen LogP contribution in [-0.2, 0) is 0 Å². The first-order valence-corrected chi connectivity index (χ1v) is 5.20. The second-order valence-corrected chi connectivity index (χ2v) is 4.03. The van der Waals surface area contributed by atoms with E-state index < -0.39 is 5.63 Å². The molecule has 4 heteroatoms. The van der Waals surface area contributed by atoms with E-state index in [1.165, 1.54) is 13.0 Å². The number of carbonyl (C=O) groups is 1. The summed E-state index contributed by atoms with van der Waals surface area (Å²) in [5, 5.41) is 10.6. The van der Waals surface area contributed by atoms with Gasteiger partial charge in [0.25, 0.3) is 0 Å². The first-order valence-electron chi connectivity index (χ1n) is 5.20. The number of benzene rings is 1. The van der Waals surface area contributed by atoms with Crippen molar-refractivity contribution in [2.75, 3.05) is 0 Å². The van der Waals surface area contributed by atoms with Gasteiger partial charge >= 0.3 is 5.63 Å². The minimum absolute atomic E-state index is 0.0702. The zero-order chi connectivity index (χ0) is 12.7. The first kappa shape index (κ1) is 11.4. The van der Waals surface area contributed by atoms with Crippen LogP contribution in [0.3, 0.4) is 0 Å². The van der Waals surface area contributed by atoms with Crippen molar-refractivity contribution in [2.45, 2.75) is 20.8 Å². The summed E-state index contributed by atoms with van der Waals surface area (Å²) in [6, 6.07) is 2.91. The van der Waals surface area contributed by atoms with Crippen molar-refractivity contribution < 1.29 is 14.3 Å². The van der Waals surface area contributed by atoms with Gasteiger partial charge in [-0.2, -0.15) is 0 Å². The highest BCUT2D eigenvalue weighted by Crippen LogP contribution is 2.33. The van der Waals surface area contributed by atoms with Crippen LogP contribution in [0.1, 0.15) is 28.4 Å². The van der Waals surface area contributed by atoms with E-state index in [9.17, 15) is 14.7 Å². The fourth-order valence-electron chi connectivity index (χ4n) is 1.90. The Morgan fingerprint density at radius 3 is 2.47 bits per heavy atom. The number of Topliss-reactive ketones (excluding diaryl/α,β-unsaturated/α-hetero) is 1. The molecule has 0 aliphatic carbocycles. The SMILES string of the molecule is CC(=O)c1c(O)c(C)c(C)c2ccc(=O)oc12. The van der Waals surface area contributed by atoms with E-state index in [-0.39, 0.29) is 22.7 Å². The quantitative estimate of drug-likeness (QED) is 0.605. The van der Waals surface area contributed by atoms with Crippen LogP contribution in [0.25, 0.3) is 11.0 Å². The Hall–Kier alpha value is -2.10. The van der Waals surface area contributed by atoms with Gasteiger partial charge in [-0.1, -0.05) is 0 Å². The average Bonchev–Trinajstić information content (AvgIpc) is 2.25. The summed E-state index contributed by atoms with van der Waals surface area (Å²) in [5.41, 5.74) is 1.11. The molecule has 0 unspecified atom stereocenters. The van der Waals surface area contributed by atoms with Crippen molar-refractivity contribution >= 4 is 16.8 Å². The predicted octanol–water partition coefficient (Wildman–Crippen LogP) is 2.32. The van der Waals surface area contributed by atoms with Gasteiger partial charge in [-0.15, -0.1) is 0 Å². The molecule has 17 heavy (non-hydrogen) atoms. The van der Waals surface area contributed by atoms with Gasteiger partial charge in [0.15, 0.2) is 11.4 Å². The molecular weight excluding hydrogens is 220 g/mol. The number of carbonyl (C=O) groups excluding carboxylic acids is 1. The summed E-state index contributed by atoms with van der Waals surface area (Å²) in [7, 11) is 0.